The zero-order valence-electron chi connectivity index (χ0n) is 11.6. The summed E-state index contributed by atoms with van der Waals surface area (Å²) in [6.07, 6.45) is -0.718. The van der Waals surface area contributed by atoms with Crippen LogP contribution in [0.4, 0.5) is 5.69 Å². The van der Waals surface area contributed by atoms with Crippen LogP contribution in [0, 0.1) is 14.9 Å². The van der Waals surface area contributed by atoms with Crippen LogP contribution in [0.1, 0.15) is 12.5 Å². The summed E-state index contributed by atoms with van der Waals surface area (Å²) < 4.78 is 6.53. The number of hydrogen-bond acceptors (Lipinski definition) is 3. The van der Waals surface area contributed by atoms with Crippen LogP contribution in [0.2, 0.25) is 5.02 Å². The van der Waals surface area contributed by atoms with Crippen LogP contribution in [-0.2, 0) is 4.79 Å². The lowest BCUT2D eigenvalue weighted by Crippen LogP contribution is -2.30. The first kappa shape index (κ1) is 16.6. The smallest absolute Gasteiger partial charge is 0.265 e. The Morgan fingerprint density at radius 3 is 2.82 bits per heavy atom. The van der Waals surface area contributed by atoms with Crippen molar-refractivity contribution >= 4 is 45.8 Å². The molecule has 0 aliphatic rings. The zero-order chi connectivity index (χ0) is 16.1. The van der Waals surface area contributed by atoms with Crippen LogP contribution in [0.5, 0.6) is 5.75 Å². The molecule has 1 amide bonds. The summed E-state index contributed by atoms with van der Waals surface area (Å²) in [6, 6.07) is 14.0. The van der Waals surface area contributed by atoms with Gasteiger partial charge in [0.25, 0.3) is 5.91 Å². The van der Waals surface area contributed by atoms with E-state index < -0.39 is 6.10 Å². The standard InChI is InChI=1S/C16H12ClIN2O2/c1-10(22-13-4-2-3-11(7-13)9-19)16(21)20-15-6-5-12(18)8-14(15)17/h2-8,10H,1H3,(H,20,21). The van der Waals surface area contributed by atoms with Crippen LogP contribution >= 0.6 is 34.2 Å². The molecule has 6 heteroatoms. The van der Waals surface area contributed by atoms with Crippen LogP contribution in [0.3, 0.4) is 0 Å². The summed E-state index contributed by atoms with van der Waals surface area (Å²) >= 11 is 8.22. The predicted octanol–water partition coefficient (Wildman–Crippen LogP) is 4.22. The van der Waals surface area contributed by atoms with Gasteiger partial charge in [0, 0.05) is 3.57 Å². The largest absolute Gasteiger partial charge is 0.481 e. The van der Waals surface area contributed by atoms with Crippen molar-refractivity contribution in [3.05, 3.63) is 56.6 Å². The van der Waals surface area contributed by atoms with E-state index in [1.54, 1.807) is 43.3 Å². The molecule has 22 heavy (non-hydrogen) atoms. The number of nitrogens with zero attached hydrogens (tertiary/aromatic N) is 1. The van der Waals surface area contributed by atoms with Gasteiger partial charge in [-0.25, -0.2) is 0 Å². The minimum absolute atomic E-state index is 0.314. The molecule has 0 saturated carbocycles. The third-order valence-corrected chi connectivity index (χ3v) is 3.82. The number of benzene rings is 2. The SMILES string of the molecule is CC(Oc1cccc(C#N)c1)C(=O)Nc1ccc(I)cc1Cl. The zero-order valence-corrected chi connectivity index (χ0v) is 14.6. The second-order valence-electron chi connectivity index (χ2n) is 4.51. The van der Waals surface area contributed by atoms with Crippen LogP contribution in [0.15, 0.2) is 42.5 Å². The van der Waals surface area contributed by atoms with Crippen molar-refractivity contribution in [2.45, 2.75) is 13.0 Å². The van der Waals surface area contributed by atoms with E-state index in [-0.39, 0.29) is 5.91 Å². The predicted molar refractivity (Wildman–Crippen MR) is 94.0 cm³/mol. The highest BCUT2D eigenvalue weighted by Gasteiger charge is 2.16. The van der Waals surface area contributed by atoms with Crippen LogP contribution in [0.25, 0.3) is 0 Å². The maximum Gasteiger partial charge on any atom is 0.265 e. The van der Waals surface area contributed by atoms with E-state index in [0.717, 1.165) is 3.57 Å². The van der Waals surface area contributed by atoms with E-state index in [1.807, 2.05) is 12.1 Å². The molecule has 0 aliphatic heterocycles. The lowest BCUT2D eigenvalue weighted by atomic mass is 10.2. The van der Waals surface area contributed by atoms with Gasteiger partial charge in [-0.15, -0.1) is 0 Å². The molecule has 0 radical (unpaired) electrons. The van der Waals surface area contributed by atoms with Gasteiger partial charge in [0.15, 0.2) is 6.10 Å². The van der Waals surface area contributed by atoms with Gasteiger partial charge in [0.1, 0.15) is 5.75 Å². The Hall–Kier alpha value is -1.78. The normalized spacial score (nSPS) is 11.4. The molecule has 0 aliphatic carbocycles. The van der Waals surface area contributed by atoms with Crippen molar-refractivity contribution in [3.8, 4) is 11.8 Å². The Kier molecular flexibility index (Phi) is 5.63. The third-order valence-electron chi connectivity index (χ3n) is 2.83. The molecule has 112 valence electrons. The minimum atomic E-state index is -0.718. The number of carbonyl (C=O) groups is 1. The number of ether oxygens (including phenoxy) is 1. The lowest BCUT2D eigenvalue weighted by Gasteiger charge is -2.15. The number of nitrogens with one attached hydrogen (secondary N) is 1. The summed E-state index contributed by atoms with van der Waals surface area (Å²) in [5.74, 6) is 0.154. The van der Waals surface area contributed by atoms with E-state index in [4.69, 9.17) is 21.6 Å². The van der Waals surface area contributed by atoms with Crippen molar-refractivity contribution in [3.63, 3.8) is 0 Å². The summed E-state index contributed by atoms with van der Waals surface area (Å²) in [5, 5.41) is 12.0. The highest BCUT2D eigenvalue weighted by Crippen LogP contribution is 2.24. The Morgan fingerprint density at radius 2 is 2.14 bits per heavy atom. The van der Waals surface area contributed by atoms with Crippen molar-refractivity contribution in [1.29, 1.82) is 5.26 Å². The third kappa shape index (κ3) is 4.36. The van der Waals surface area contributed by atoms with E-state index in [0.29, 0.717) is 22.0 Å². The molecule has 2 aromatic rings. The van der Waals surface area contributed by atoms with Crippen molar-refractivity contribution in [2.75, 3.05) is 5.32 Å². The van der Waals surface area contributed by atoms with Gasteiger partial charge in [-0.3, -0.25) is 4.79 Å². The monoisotopic (exact) mass is 426 g/mol. The van der Waals surface area contributed by atoms with Crippen molar-refractivity contribution in [1.82, 2.24) is 0 Å². The Labute approximate surface area is 147 Å². The average molecular weight is 427 g/mol. The van der Waals surface area contributed by atoms with E-state index in [2.05, 4.69) is 27.9 Å². The van der Waals surface area contributed by atoms with Gasteiger partial charge >= 0.3 is 0 Å². The van der Waals surface area contributed by atoms with Crippen molar-refractivity contribution < 1.29 is 9.53 Å². The lowest BCUT2D eigenvalue weighted by molar-refractivity contribution is -0.122. The number of hydrogen-bond donors (Lipinski definition) is 1. The Morgan fingerprint density at radius 1 is 1.36 bits per heavy atom. The second kappa shape index (κ2) is 7.47. The summed E-state index contributed by atoms with van der Waals surface area (Å²) in [5.41, 5.74) is 1.01. The van der Waals surface area contributed by atoms with Gasteiger partial charge in [-0.1, -0.05) is 17.7 Å². The fraction of sp³-hybridized carbons (Fsp3) is 0.125. The number of anilines is 1. The number of carbonyl (C=O) groups excluding carboxylic acids is 1. The molecule has 4 nitrogen and oxygen atoms in total. The Bertz CT molecular complexity index is 743. The van der Waals surface area contributed by atoms with Gasteiger partial charge in [0.05, 0.1) is 22.3 Å². The molecule has 1 N–H and O–H groups in total. The highest BCUT2D eigenvalue weighted by molar-refractivity contribution is 14.1. The summed E-state index contributed by atoms with van der Waals surface area (Å²) in [7, 11) is 0. The molecule has 0 aromatic heterocycles. The molecular weight excluding hydrogens is 415 g/mol. The number of nitriles is 1. The van der Waals surface area contributed by atoms with Crippen LogP contribution < -0.4 is 10.1 Å². The second-order valence-corrected chi connectivity index (χ2v) is 6.17. The Balaban J connectivity index is 2.04. The number of rotatable bonds is 4. The fourth-order valence-corrected chi connectivity index (χ4v) is 2.62. The molecule has 0 heterocycles. The summed E-state index contributed by atoms with van der Waals surface area (Å²) in [4.78, 5) is 12.1. The van der Waals surface area contributed by atoms with Crippen LogP contribution in [-0.4, -0.2) is 12.0 Å². The molecule has 1 atom stereocenters. The molecular formula is C16H12ClIN2O2. The van der Waals surface area contributed by atoms with Gasteiger partial charge in [0.2, 0.25) is 0 Å². The molecule has 0 spiro atoms. The average Bonchev–Trinajstić information content (AvgIpc) is 2.50. The molecule has 0 bridgehead atoms. The van der Waals surface area contributed by atoms with Crippen molar-refractivity contribution in [2.24, 2.45) is 0 Å². The fourth-order valence-electron chi connectivity index (χ4n) is 1.72. The van der Waals surface area contributed by atoms with Gasteiger partial charge in [-0.2, -0.15) is 5.26 Å². The quantitative estimate of drug-likeness (QED) is 0.745. The molecule has 2 aromatic carbocycles. The van der Waals surface area contributed by atoms with E-state index >= 15 is 0 Å². The van der Waals surface area contributed by atoms with Gasteiger partial charge in [-0.05, 0) is 65.9 Å². The number of halogens is 2. The maximum atomic E-state index is 12.1. The summed E-state index contributed by atoms with van der Waals surface area (Å²) in [6.45, 7) is 1.63. The van der Waals surface area contributed by atoms with E-state index in [9.17, 15) is 4.79 Å². The molecule has 0 saturated heterocycles. The molecule has 0 fully saturated rings. The molecule has 1 unspecified atom stereocenters. The topological polar surface area (TPSA) is 62.1 Å². The number of amides is 1. The van der Waals surface area contributed by atoms with E-state index in [1.165, 1.54) is 0 Å². The first-order chi connectivity index (χ1) is 10.5. The minimum Gasteiger partial charge on any atom is -0.481 e. The highest BCUT2D eigenvalue weighted by atomic mass is 127. The first-order valence-electron chi connectivity index (χ1n) is 6.42. The first-order valence-corrected chi connectivity index (χ1v) is 7.88. The maximum absolute atomic E-state index is 12.1. The van der Waals surface area contributed by atoms with Gasteiger partial charge < -0.3 is 10.1 Å². The molecule has 2 rings (SSSR count).